The van der Waals surface area contributed by atoms with E-state index in [1.807, 2.05) is 75.4 Å². The molecule has 1 unspecified atom stereocenters. The Kier molecular flexibility index (Phi) is 4.65. The number of aryl methyl sites for hydroxylation is 2. The molecule has 2 aromatic carbocycles. The van der Waals surface area contributed by atoms with Crippen molar-refractivity contribution in [1.29, 1.82) is 0 Å². The van der Waals surface area contributed by atoms with Crippen molar-refractivity contribution in [2.45, 2.75) is 26.8 Å². The summed E-state index contributed by atoms with van der Waals surface area (Å²) in [5.41, 5.74) is 5.36. The SMILES string of the molecule is Cc1ccc2nc(C)cc(C(=O)NC(C)c3ncc(-c4ccccc4)[nH]3)c2c1. The van der Waals surface area contributed by atoms with Gasteiger partial charge in [0, 0.05) is 11.1 Å². The largest absolute Gasteiger partial charge is 0.342 e. The predicted molar refractivity (Wildman–Crippen MR) is 111 cm³/mol. The van der Waals surface area contributed by atoms with Crippen molar-refractivity contribution in [3.8, 4) is 11.3 Å². The van der Waals surface area contributed by atoms with Crippen molar-refractivity contribution in [3.05, 3.63) is 83.4 Å². The van der Waals surface area contributed by atoms with Gasteiger partial charge in [-0.05, 0) is 44.5 Å². The summed E-state index contributed by atoms with van der Waals surface area (Å²) in [6, 6.07) is 17.5. The van der Waals surface area contributed by atoms with Gasteiger partial charge in [0.05, 0.1) is 29.0 Å². The quantitative estimate of drug-likeness (QED) is 0.545. The molecule has 0 saturated heterocycles. The highest BCUT2D eigenvalue weighted by atomic mass is 16.1. The third kappa shape index (κ3) is 3.51. The van der Waals surface area contributed by atoms with E-state index in [9.17, 15) is 4.79 Å². The molecular weight excluding hydrogens is 348 g/mol. The van der Waals surface area contributed by atoms with Gasteiger partial charge >= 0.3 is 0 Å². The molecule has 5 nitrogen and oxygen atoms in total. The number of pyridine rings is 1. The Bertz CT molecular complexity index is 1150. The third-order valence-corrected chi connectivity index (χ3v) is 4.77. The first-order chi connectivity index (χ1) is 13.5. The number of imidazole rings is 1. The summed E-state index contributed by atoms with van der Waals surface area (Å²) in [5, 5.41) is 3.92. The van der Waals surface area contributed by atoms with Gasteiger partial charge in [-0.25, -0.2) is 4.98 Å². The molecule has 0 aliphatic carbocycles. The average molecular weight is 370 g/mol. The van der Waals surface area contributed by atoms with Gasteiger partial charge in [-0.2, -0.15) is 0 Å². The summed E-state index contributed by atoms with van der Waals surface area (Å²) in [5.74, 6) is 0.588. The molecule has 2 heterocycles. The van der Waals surface area contributed by atoms with Crippen LogP contribution in [0.4, 0.5) is 0 Å². The van der Waals surface area contributed by atoms with E-state index in [-0.39, 0.29) is 11.9 Å². The maximum Gasteiger partial charge on any atom is 0.252 e. The van der Waals surface area contributed by atoms with Crippen LogP contribution in [-0.2, 0) is 0 Å². The van der Waals surface area contributed by atoms with E-state index >= 15 is 0 Å². The zero-order chi connectivity index (χ0) is 19.7. The molecule has 0 bridgehead atoms. The van der Waals surface area contributed by atoms with Crippen LogP contribution in [0, 0.1) is 13.8 Å². The first-order valence-electron chi connectivity index (χ1n) is 9.30. The van der Waals surface area contributed by atoms with Crippen molar-refractivity contribution < 1.29 is 4.79 Å². The number of aromatic amines is 1. The van der Waals surface area contributed by atoms with Crippen molar-refractivity contribution in [3.63, 3.8) is 0 Å². The van der Waals surface area contributed by atoms with Gasteiger partial charge in [-0.1, -0.05) is 42.0 Å². The van der Waals surface area contributed by atoms with Gasteiger partial charge in [0.2, 0.25) is 0 Å². The van der Waals surface area contributed by atoms with Gasteiger partial charge in [0.15, 0.2) is 0 Å². The second kappa shape index (κ2) is 7.27. The monoisotopic (exact) mass is 370 g/mol. The number of rotatable bonds is 4. The van der Waals surface area contributed by atoms with E-state index in [0.29, 0.717) is 5.56 Å². The first-order valence-corrected chi connectivity index (χ1v) is 9.30. The minimum absolute atomic E-state index is 0.133. The number of H-pyrrole nitrogens is 1. The van der Waals surface area contributed by atoms with Gasteiger partial charge in [-0.3, -0.25) is 9.78 Å². The van der Waals surface area contributed by atoms with E-state index in [1.54, 1.807) is 6.20 Å². The van der Waals surface area contributed by atoms with Crippen molar-refractivity contribution >= 4 is 16.8 Å². The Hall–Kier alpha value is -3.47. The smallest absolute Gasteiger partial charge is 0.252 e. The van der Waals surface area contributed by atoms with E-state index in [1.165, 1.54) is 0 Å². The summed E-state index contributed by atoms with van der Waals surface area (Å²) in [4.78, 5) is 25.3. The lowest BCUT2D eigenvalue weighted by atomic mass is 10.0. The Morgan fingerprint density at radius 1 is 1.07 bits per heavy atom. The third-order valence-electron chi connectivity index (χ3n) is 4.77. The molecule has 4 rings (SSSR count). The second-order valence-corrected chi connectivity index (χ2v) is 7.08. The predicted octanol–water partition coefficient (Wildman–Crippen LogP) is 4.73. The Morgan fingerprint density at radius 2 is 1.86 bits per heavy atom. The molecule has 0 fully saturated rings. The molecule has 28 heavy (non-hydrogen) atoms. The minimum Gasteiger partial charge on any atom is -0.342 e. The summed E-state index contributed by atoms with van der Waals surface area (Å²) in [6.07, 6.45) is 1.79. The van der Waals surface area contributed by atoms with Crippen molar-refractivity contribution in [2.75, 3.05) is 0 Å². The average Bonchev–Trinajstić information content (AvgIpc) is 3.19. The zero-order valence-corrected chi connectivity index (χ0v) is 16.2. The number of benzene rings is 2. The molecule has 2 aromatic heterocycles. The lowest BCUT2D eigenvalue weighted by Crippen LogP contribution is -2.27. The molecule has 140 valence electrons. The Morgan fingerprint density at radius 3 is 2.64 bits per heavy atom. The fourth-order valence-corrected chi connectivity index (χ4v) is 3.32. The number of hydrogen-bond donors (Lipinski definition) is 2. The first kappa shape index (κ1) is 17.9. The number of carbonyl (C=O) groups is 1. The molecule has 0 radical (unpaired) electrons. The van der Waals surface area contributed by atoms with Crippen LogP contribution in [0.2, 0.25) is 0 Å². The summed E-state index contributed by atoms with van der Waals surface area (Å²) in [7, 11) is 0. The number of fused-ring (bicyclic) bond motifs is 1. The molecule has 0 aliphatic rings. The minimum atomic E-state index is -0.252. The van der Waals surface area contributed by atoms with Crippen LogP contribution in [0.1, 0.15) is 40.4 Å². The van der Waals surface area contributed by atoms with Crippen LogP contribution in [0.5, 0.6) is 0 Å². The fourth-order valence-electron chi connectivity index (χ4n) is 3.32. The summed E-state index contributed by atoms with van der Waals surface area (Å²) >= 11 is 0. The lowest BCUT2D eigenvalue weighted by molar-refractivity contribution is 0.0940. The Labute approximate surface area is 163 Å². The molecule has 4 aromatic rings. The van der Waals surface area contributed by atoms with Gasteiger partial charge in [-0.15, -0.1) is 0 Å². The molecule has 0 saturated carbocycles. The van der Waals surface area contributed by atoms with Crippen LogP contribution >= 0.6 is 0 Å². The standard InChI is InChI=1S/C23H22N4O/c1-14-9-10-20-18(11-14)19(12-15(2)25-20)23(28)26-16(3)22-24-13-21(27-22)17-7-5-4-6-8-17/h4-13,16H,1-3H3,(H,24,27)(H,26,28). The van der Waals surface area contributed by atoms with Crippen LogP contribution in [0.25, 0.3) is 22.2 Å². The molecule has 5 heteroatoms. The zero-order valence-electron chi connectivity index (χ0n) is 16.2. The maximum absolute atomic E-state index is 13.0. The number of aromatic nitrogens is 3. The van der Waals surface area contributed by atoms with E-state index < -0.39 is 0 Å². The van der Waals surface area contributed by atoms with Gasteiger partial charge in [0.25, 0.3) is 5.91 Å². The second-order valence-electron chi connectivity index (χ2n) is 7.08. The molecule has 0 aliphatic heterocycles. The van der Waals surface area contributed by atoms with Gasteiger partial charge in [0.1, 0.15) is 5.82 Å². The van der Waals surface area contributed by atoms with Crippen LogP contribution < -0.4 is 5.32 Å². The van der Waals surface area contributed by atoms with Crippen molar-refractivity contribution in [2.24, 2.45) is 0 Å². The normalized spacial score (nSPS) is 12.1. The van der Waals surface area contributed by atoms with Crippen molar-refractivity contribution in [1.82, 2.24) is 20.3 Å². The molecule has 2 N–H and O–H groups in total. The molecule has 1 amide bonds. The summed E-state index contributed by atoms with van der Waals surface area (Å²) < 4.78 is 0. The van der Waals surface area contributed by atoms with Gasteiger partial charge < -0.3 is 10.3 Å². The van der Waals surface area contributed by atoms with Crippen LogP contribution in [0.15, 0.2) is 60.8 Å². The number of nitrogens with one attached hydrogen (secondary N) is 2. The highest BCUT2D eigenvalue weighted by molar-refractivity contribution is 6.06. The lowest BCUT2D eigenvalue weighted by Gasteiger charge is -2.14. The van der Waals surface area contributed by atoms with E-state index in [0.717, 1.165) is 39.2 Å². The number of nitrogens with zero attached hydrogens (tertiary/aromatic N) is 2. The van der Waals surface area contributed by atoms with E-state index in [4.69, 9.17) is 0 Å². The topological polar surface area (TPSA) is 70.7 Å². The molecule has 1 atom stereocenters. The molecular formula is C23H22N4O. The van der Waals surface area contributed by atoms with Crippen LogP contribution in [-0.4, -0.2) is 20.9 Å². The maximum atomic E-state index is 13.0. The summed E-state index contributed by atoms with van der Waals surface area (Å²) in [6.45, 7) is 5.84. The highest BCUT2D eigenvalue weighted by Crippen LogP contribution is 2.22. The van der Waals surface area contributed by atoms with Crippen LogP contribution in [0.3, 0.4) is 0 Å². The highest BCUT2D eigenvalue weighted by Gasteiger charge is 2.17. The number of carbonyl (C=O) groups excluding carboxylic acids is 1. The molecule has 0 spiro atoms. The number of amides is 1. The number of hydrogen-bond acceptors (Lipinski definition) is 3. The van der Waals surface area contributed by atoms with E-state index in [2.05, 4.69) is 20.3 Å². The Balaban J connectivity index is 1.60. The fraction of sp³-hybridized carbons (Fsp3) is 0.174.